The Labute approximate surface area is 103 Å². The van der Waals surface area contributed by atoms with Crippen molar-refractivity contribution in [3.05, 3.63) is 22.8 Å². The van der Waals surface area contributed by atoms with Crippen LogP contribution in [0.2, 0.25) is 0 Å². The van der Waals surface area contributed by atoms with Crippen LogP contribution in [0.25, 0.3) is 0 Å². The van der Waals surface area contributed by atoms with E-state index in [1.807, 2.05) is 0 Å². The van der Waals surface area contributed by atoms with Gasteiger partial charge in [-0.15, -0.1) is 0 Å². The van der Waals surface area contributed by atoms with Crippen LogP contribution in [-0.4, -0.2) is 27.3 Å². The van der Waals surface area contributed by atoms with Crippen molar-refractivity contribution < 1.29 is 9.47 Å². The van der Waals surface area contributed by atoms with Crippen LogP contribution in [0.1, 0.15) is 29.0 Å². The standard InChI is InChI=1S/C14H21NO2/c1-9-10(2)14(17-4)13(16-3)7-12(9)11-5-6-15-8-11/h7,11,15H,5-6,8H2,1-4H3. The third-order valence-electron chi connectivity index (χ3n) is 3.77. The molecule has 1 saturated heterocycles. The third kappa shape index (κ3) is 2.12. The first-order valence-corrected chi connectivity index (χ1v) is 6.11. The highest BCUT2D eigenvalue weighted by Gasteiger charge is 2.22. The Morgan fingerprint density at radius 3 is 2.47 bits per heavy atom. The highest BCUT2D eigenvalue weighted by atomic mass is 16.5. The molecule has 2 rings (SSSR count). The number of hydrogen-bond acceptors (Lipinski definition) is 3. The Balaban J connectivity index is 2.49. The lowest BCUT2D eigenvalue weighted by Crippen LogP contribution is -2.10. The van der Waals surface area contributed by atoms with E-state index < -0.39 is 0 Å². The molecule has 0 radical (unpaired) electrons. The number of nitrogens with one attached hydrogen (secondary N) is 1. The first-order chi connectivity index (χ1) is 8.19. The van der Waals surface area contributed by atoms with Crippen LogP contribution in [-0.2, 0) is 0 Å². The van der Waals surface area contributed by atoms with Gasteiger partial charge >= 0.3 is 0 Å². The summed E-state index contributed by atoms with van der Waals surface area (Å²) in [4.78, 5) is 0. The van der Waals surface area contributed by atoms with E-state index in [2.05, 4.69) is 25.2 Å². The minimum atomic E-state index is 0.605. The van der Waals surface area contributed by atoms with E-state index >= 15 is 0 Å². The SMILES string of the molecule is COc1cc(C2CCNC2)c(C)c(C)c1OC. The lowest BCUT2D eigenvalue weighted by molar-refractivity contribution is 0.352. The molecule has 1 atom stereocenters. The molecule has 0 amide bonds. The zero-order chi connectivity index (χ0) is 12.4. The Morgan fingerprint density at radius 1 is 1.18 bits per heavy atom. The molecule has 94 valence electrons. The van der Waals surface area contributed by atoms with Crippen molar-refractivity contribution >= 4 is 0 Å². The molecule has 3 nitrogen and oxygen atoms in total. The normalized spacial score (nSPS) is 19.4. The van der Waals surface area contributed by atoms with E-state index in [0.29, 0.717) is 5.92 Å². The van der Waals surface area contributed by atoms with E-state index in [0.717, 1.165) is 24.6 Å². The second-order valence-electron chi connectivity index (χ2n) is 4.64. The van der Waals surface area contributed by atoms with Crippen LogP contribution in [0.4, 0.5) is 0 Å². The molecule has 0 spiro atoms. The summed E-state index contributed by atoms with van der Waals surface area (Å²) in [7, 11) is 3.39. The predicted octanol–water partition coefficient (Wildman–Crippen LogP) is 2.40. The largest absolute Gasteiger partial charge is 0.493 e. The van der Waals surface area contributed by atoms with Crippen molar-refractivity contribution in [3.63, 3.8) is 0 Å². The number of methoxy groups -OCH3 is 2. The Morgan fingerprint density at radius 2 is 1.94 bits per heavy atom. The second-order valence-corrected chi connectivity index (χ2v) is 4.64. The molecule has 0 bridgehead atoms. The summed E-state index contributed by atoms with van der Waals surface area (Å²) in [6.45, 7) is 6.45. The molecule has 1 heterocycles. The van der Waals surface area contributed by atoms with Crippen molar-refractivity contribution in [1.82, 2.24) is 5.32 Å². The van der Waals surface area contributed by atoms with Crippen LogP contribution in [0, 0.1) is 13.8 Å². The maximum Gasteiger partial charge on any atom is 0.163 e. The highest BCUT2D eigenvalue weighted by molar-refractivity contribution is 5.54. The number of ether oxygens (including phenoxy) is 2. The quantitative estimate of drug-likeness (QED) is 0.872. The van der Waals surface area contributed by atoms with Gasteiger partial charge in [-0.25, -0.2) is 0 Å². The van der Waals surface area contributed by atoms with Gasteiger partial charge in [0.25, 0.3) is 0 Å². The molecule has 1 aromatic rings. The summed E-state index contributed by atoms with van der Waals surface area (Å²) < 4.78 is 10.9. The average Bonchev–Trinajstić information content (AvgIpc) is 2.85. The van der Waals surface area contributed by atoms with Crippen LogP contribution in [0.15, 0.2) is 6.07 Å². The maximum atomic E-state index is 5.43. The predicted molar refractivity (Wildman–Crippen MR) is 69.2 cm³/mol. The molecule has 0 saturated carbocycles. The summed E-state index contributed by atoms with van der Waals surface area (Å²) in [5.74, 6) is 2.31. The molecule has 0 aromatic heterocycles. The van der Waals surface area contributed by atoms with Gasteiger partial charge in [0.15, 0.2) is 11.5 Å². The zero-order valence-electron chi connectivity index (χ0n) is 11.1. The van der Waals surface area contributed by atoms with Crippen molar-refractivity contribution in [2.45, 2.75) is 26.2 Å². The molecule has 1 aliphatic heterocycles. The van der Waals surface area contributed by atoms with Gasteiger partial charge in [0, 0.05) is 6.54 Å². The summed E-state index contributed by atoms with van der Waals surface area (Å²) in [5.41, 5.74) is 3.91. The van der Waals surface area contributed by atoms with Gasteiger partial charge in [-0.2, -0.15) is 0 Å². The summed E-state index contributed by atoms with van der Waals surface area (Å²) >= 11 is 0. The first kappa shape index (κ1) is 12.2. The summed E-state index contributed by atoms with van der Waals surface area (Å²) in [5, 5.41) is 3.41. The molecule has 0 aliphatic carbocycles. The molecule has 1 fully saturated rings. The van der Waals surface area contributed by atoms with Gasteiger partial charge in [-0.1, -0.05) is 0 Å². The van der Waals surface area contributed by atoms with E-state index in [1.54, 1.807) is 14.2 Å². The topological polar surface area (TPSA) is 30.5 Å². The van der Waals surface area contributed by atoms with Gasteiger partial charge in [0.1, 0.15) is 0 Å². The minimum Gasteiger partial charge on any atom is -0.493 e. The van der Waals surface area contributed by atoms with E-state index in [-0.39, 0.29) is 0 Å². The fourth-order valence-corrected chi connectivity index (χ4v) is 2.64. The zero-order valence-corrected chi connectivity index (χ0v) is 11.1. The van der Waals surface area contributed by atoms with Gasteiger partial charge in [-0.3, -0.25) is 0 Å². The van der Waals surface area contributed by atoms with Crippen LogP contribution >= 0.6 is 0 Å². The summed E-state index contributed by atoms with van der Waals surface area (Å²) in [6, 6.07) is 2.14. The van der Waals surface area contributed by atoms with Gasteiger partial charge < -0.3 is 14.8 Å². The highest BCUT2D eigenvalue weighted by Crippen LogP contribution is 2.38. The monoisotopic (exact) mass is 235 g/mol. The molecule has 17 heavy (non-hydrogen) atoms. The molecule has 3 heteroatoms. The van der Waals surface area contributed by atoms with Crippen LogP contribution < -0.4 is 14.8 Å². The van der Waals surface area contributed by atoms with E-state index in [4.69, 9.17) is 9.47 Å². The van der Waals surface area contributed by atoms with Crippen LogP contribution in [0.3, 0.4) is 0 Å². The fourth-order valence-electron chi connectivity index (χ4n) is 2.64. The number of benzene rings is 1. The van der Waals surface area contributed by atoms with E-state index in [9.17, 15) is 0 Å². The van der Waals surface area contributed by atoms with Crippen molar-refractivity contribution in [3.8, 4) is 11.5 Å². The maximum absolute atomic E-state index is 5.43. The molecule has 1 unspecified atom stereocenters. The molecule has 1 N–H and O–H groups in total. The van der Waals surface area contributed by atoms with Gasteiger partial charge in [0.05, 0.1) is 14.2 Å². The number of rotatable bonds is 3. The molecular formula is C14H21NO2. The molecule has 1 aliphatic rings. The average molecular weight is 235 g/mol. The summed E-state index contributed by atoms with van der Waals surface area (Å²) in [6.07, 6.45) is 1.20. The van der Waals surface area contributed by atoms with Crippen molar-refractivity contribution in [2.24, 2.45) is 0 Å². The first-order valence-electron chi connectivity index (χ1n) is 6.11. The van der Waals surface area contributed by atoms with Crippen LogP contribution in [0.5, 0.6) is 11.5 Å². The van der Waals surface area contributed by atoms with Crippen molar-refractivity contribution in [2.75, 3.05) is 27.3 Å². The van der Waals surface area contributed by atoms with Crippen molar-refractivity contribution in [1.29, 1.82) is 0 Å². The number of hydrogen-bond donors (Lipinski definition) is 1. The fraction of sp³-hybridized carbons (Fsp3) is 0.571. The Hall–Kier alpha value is -1.22. The minimum absolute atomic E-state index is 0.605. The lowest BCUT2D eigenvalue weighted by atomic mass is 9.91. The molecule has 1 aromatic carbocycles. The molecular weight excluding hydrogens is 214 g/mol. The van der Waals surface area contributed by atoms with Gasteiger partial charge in [-0.05, 0) is 55.5 Å². The Bertz CT molecular complexity index is 409. The Kier molecular flexibility index (Phi) is 3.57. The lowest BCUT2D eigenvalue weighted by Gasteiger charge is -2.19. The van der Waals surface area contributed by atoms with E-state index in [1.165, 1.54) is 23.1 Å². The third-order valence-corrected chi connectivity index (χ3v) is 3.77. The smallest absolute Gasteiger partial charge is 0.163 e. The second kappa shape index (κ2) is 4.96. The van der Waals surface area contributed by atoms with Gasteiger partial charge in [0.2, 0.25) is 0 Å².